The van der Waals surface area contributed by atoms with Crippen molar-refractivity contribution in [3.63, 3.8) is 0 Å². The van der Waals surface area contributed by atoms with Crippen LogP contribution in [0.15, 0.2) is 0 Å². The van der Waals surface area contributed by atoms with Crippen LogP contribution in [0, 0.1) is 0 Å². The number of nitrogens with one attached hydrogen (secondary N) is 3. The van der Waals surface area contributed by atoms with Crippen LogP contribution in [0.5, 0.6) is 0 Å². The predicted octanol–water partition coefficient (Wildman–Crippen LogP) is -1.34. The van der Waals surface area contributed by atoms with Crippen molar-refractivity contribution in [1.82, 2.24) is 31.3 Å². The molecule has 10 heteroatoms. The molecule has 1 aromatic rings. The number of carbonyl (C=O) groups excluding carboxylic acids is 1. The van der Waals surface area contributed by atoms with E-state index in [1.54, 1.807) is 6.92 Å². The SMILES string of the molecule is CC(NC(=O)NCCOCC(=O)O)c1nn[nH]n1. The average Bonchev–Trinajstić information content (AvgIpc) is 2.81. The lowest BCUT2D eigenvalue weighted by Crippen LogP contribution is -2.39. The third-order valence-corrected chi connectivity index (χ3v) is 1.85. The summed E-state index contributed by atoms with van der Waals surface area (Å²) in [5.41, 5.74) is 0. The van der Waals surface area contributed by atoms with Crippen molar-refractivity contribution in [3.05, 3.63) is 5.82 Å². The number of aromatic amines is 1. The molecule has 4 N–H and O–H groups in total. The number of ether oxygens (including phenoxy) is 1. The molecular weight excluding hydrogens is 244 g/mol. The summed E-state index contributed by atoms with van der Waals surface area (Å²) >= 11 is 0. The number of carbonyl (C=O) groups is 2. The van der Waals surface area contributed by atoms with E-state index in [1.807, 2.05) is 0 Å². The number of H-pyrrole nitrogens is 1. The Kier molecular flexibility index (Phi) is 5.51. The van der Waals surface area contributed by atoms with Gasteiger partial charge in [-0.25, -0.2) is 9.59 Å². The van der Waals surface area contributed by atoms with Crippen LogP contribution >= 0.6 is 0 Å². The zero-order chi connectivity index (χ0) is 13.4. The van der Waals surface area contributed by atoms with Gasteiger partial charge in [-0.05, 0) is 6.92 Å². The topological polar surface area (TPSA) is 142 Å². The van der Waals surface area contributed by atoms with E-state index in [0.29, 0.717) is 5.82 Å². The number of urea groups is 1. The first kappa shape index (κ1) is 13.8. The smallest absolute Gasteiger partial charge is 0.329 e. The second kappa shape index (κ2) is 7.17. The highest BCUT2D eigenvalue weighted by molar-refractivity contribution is 5.74. The number of aromatic nitrogens is 4. The molecular formula is C8H14N6O4. The Labute approximate surface area is 102 Å². The van der Waals surface area contributed by atoms with Crippen LogP contribution in [0.25, 0.3) is 0 Å². The summed E-state index contributed by atoms with van der Waals surface area (Å²) in [6.07, 6.45) is 0. The zero-order valence-electron chi connectivity index (χ0n) is 9.71. The molecule has 2 amide bonds. The van der Waals surface area contributed by atoms with Gasteiger partial charge in [-0.2, -0.15) is 5.21 Å². The first-order valence-electron chi connectivity index (χ1n) is 5.17. The van der Waals surface area contributed by atoms with Crippen molar-refractivity contribution in [3.8, 4) is 0 Å². The molecule has 1 heterocycles. The van der Waals surface area contributed by atoms with Crippen molar-refractivity contribution in [2.24, 2.45) is 0 Å². The Morgan fingerprint density at radius 2 is 2.33 bits per heavy atom. The van der Waals surface area contributed by atoms with Crippen molar-refractivity contribution in [2.75, 3.05) is 19.8 Å². The summed E-state index contributed by atoms with van der Waals surface area (Å²) in [5, 5.41) is 26.5. The maximum atomic E-state index is 11.4. The second-order valence-electron chi connectivity index (χ2n) is 3.34. The minimum Gasteiger partial charge on any atom is -0.480 e. The molecule has 0 aromatic carbocycles. The lowest BCUT2D eigenvalue weighted by atomic mass is 10.3. The molecule has 0 spiro atoms. The molecule has 0 bridgehead atoms. The highest BCUT2D eigenvalue weighted by Crippen LogP contribution is 2.01. The standard InChI is InChI=1S/C8H14N6O4/c1-5(7-11-13-14-12-7)10-8(17)9-2-3-18-4-6(15)16/h5H,2-4H2,1H3,(H,15,16)(H2,9,10,17)(H,11,12,13,14). The lowest BCUT2D eigenvalue weighted by Gasteiger charge is -2.11. The fourth-order valence-corrected chi connectivity index (χ4v) is 1.06. The van der Waals surface area contributed by atoms with Gasteiger partial charge in [-0.3, -0.25) is 0 Å². The Morgan fingerprint density at radius 1 is 1.56 bits per heavy atom. The third-order valence-electron chi connectivity index (χ3n) is 1.85. The lowest BCUT2D eigenvalue weighted by molar-refractivity contribution is -0.142. The van der Waals surface area contributed by atoms with Crippen LogP contribution < -0.4 is 10.6 Å². The van der Waals surface area contributed by atoms with Gasteiger partial charge in [-0.15, -0.1) is 10.2 Å². The molecule has 1 unspecified atom stereocenters. The van der Waals surface area contributed by atoms with E-state index in [9.17, 15) is 9.59 Å². The quantitative estimate of drug-likeness (QED) is 0.443. The minimum atomic E-state index is -1.05. The number of hydrogen-bond donors (Lipinski definition) is 4. The zero-order valence-corrected chi connectivity index (χ0v) is 9.71. The van der Waals surface area contributed by atoms with Gasteiger partial charge in [0.05, 0.1) is 12.6 Å². The molecule has 1 aromatic heterocycles. The van der Waals surface area contributed by atoms with E-state index >= 15 is 0 Å². The Balaban J connectivity index is 2.12. The van der Waals surface area contributed by atoms with Gasteiger partial charge in [0.1, 0.15) is 6.61 Å². The summed E-state index contributed by atoms with van der Waals surface area (Å²) in [6.45, 7) is 1.64. The number of amides is 2. The summed E-state index contributed by atoms with van der Waals surface area (Å²) in [7, 11) is 0. The van der Waals surface area contributed by atoms with Crippen LogP contribution in [-0.4, -0.2) is 57.5 Å². The van der Waals surface area contributed by atoms with Crippen molar-refractivity contribution >= 4 is 12.0 Å². The van der Waals surface area contributed by atoms with Crippen molar-refractivity contribution < 1.29 is 19.4 Å². The molecule has 18 heavy (non-hydrogen) atoms. The molecule has 0 fully saturated rings. The number of hydrogen-bond acceptors (Lipinski definition) is 6. The van der Waals surface area contributed by atoms with Gasteiger partial charge in [0.15, 0.2) is 5.82 Å². The van der Waals surface area contributed by atoms with Crippen LogP contribution in [-0.2, 0) is 9.53 Å². The maximum Gasteiger partial charge on any atom is 0.329 e. The van der Waals surface area contributed by atoms with Gasteiger partial charge in [0.2, 0.25) is 0 Å². The molecule has 0 saturated carbocycles. The number of rotatable bonds is 7. The highest BCUT2D eigenvalue weighted by atomic mass is 16.5. The first-order chi connectivity index (χ1) is 8.59. The van der Waals surface area contributed by atoms with Gasteiger partial charge >= 0.3 is 12.0 Å². The molecule has 10 nitrogen and oxygen atoms in total. The first-order valence-corrected chi connectivity index (χ1v) is 5.17. The number of tetrazole rings is 1. The third kappa shape index (κ3) is 5.21. The Morgan fingerprint density at radius 3 is 2.94 bits per heavy atom. The Hall–Kier alpha value is -2.23. The van der Waals surface area contributed by atoms with Crippen molar-refractivity contribution in [2.45, 2.75) is 13.0 Å². The Bertz CT molecular complexity index is 381. The molecule has 0 aliphatic carbocycles. The predicted molar refractivity (Wildman–Crippen MR) is 57.6 cm³/mol. The van der Waals surface area contributed by atoms with Gasteiger partial charge in [0, 0.05) is 6.54 Å². The van der Waals surface area contributed by atoms with Crippen LogP contribution in [0.4, 0.5) is 4.79 Å². The summed E-state index contributed by atoms with van der Waals surface area (Å²) in [6, 6.07) is -0.810. The fourth-order valence-electron chi connectivity index (χ4n) is 1.06. The van der Waals surface area contributed by atoms with Gasteiger partial charge in [0.25, 0.3) is 0 Å². The molecule has 1 rings (SSSR count). The van der Waals surface area contributed by atoms with Crippen molar-refractivity contribution in [1.29, 1.82) is 0 Å². The monoisotopic (exact) mass is 258 g/mol. The number of carboxylic acids is 1. The van der Waals surface area contributed by atoms with E-state index in [4.69, 9.17) is 9.84 Å². The maximum absolute atomic E-state index is 11.4. The largest absolute Gasteiger partial charge is 0.480 e. The van der Waals surface area contributed by atoms with Crippen LogP contribution in [0.3, 0.4) is 0 Å². The molecule has 0 aliphatic heterocycles. The van der Waals surface area contributed by atoms with E-state index in [-0.39, 0.29) is 25.8 Å². The summed E-state index contributed by atoms with van der Waals surface area (Å²) < 4.78 is 4.74. The molecule has 100 valence electrons. The number of aliphatic carboxylic acids is 1. The molecule has 1 atom stereocenters. The van der Waals surface area contributed by atoms with E-state index in [2.05, 4.69) is 31.3 Å². The second-order valence-corrected chi connectivity index (χ2v) is 3.34. The van der Waals surface area contributed by atoms with Crippen LogP contribution in [0.2, 0.25) is 0 Å². The molecule has 0 saturated heterocycles. The molecule has 0 radical (unpaired) electrons. The summed E-state index contributed by atoms with van der Waals surface area (Å²) in [5.74, 6) is -0.683. The number of nitrogens with zero attached hydrogens (tertiary/aromatic N) is 3. The van der Waals surface area contributed by atoms with E-state index in [0.717, 1.165) is 0 Å². The van der Waals surface area contributed by atoms with Gasteiger partial charge < -0.3 is 20.5 Å². The normalized spacial score (nSPS) is 11.8. The highest BCUT2D eigenvalue weighted by Gasteiger charge is 2.12. The van der Waals surface area contributed by atoms with Gasteiger partial charge in [-0.1, -0.05) is 5.21 Å². The van der Waals surface area contributed by atoms with Crippen LogP contribution in [0.1, 0.15) is 18.8 Å². The molecule has 0 aliphatic rings. The van der Waals surface area contributed by atoms with E-state index < -0.39 is 12.0 Å². The van der Waals surface area contributed by atoms with E-state index in [1.165, 1.54) is 0 Å². The number of carboxylic acid groups (broad SMARTS) is 1. The average molecular weight is 258 g/mol. The summed E-state index contributed by atoms with van der Waals surface area (Å²) in [4.78, 5) is 21.5. The minimum absolute atomic E-state index is 0.121. The fraction of sp³-hybridized carbons (Fsp3) is 0.625.